The van der Waals surface area contributed by atoms with Crippen molar-refractivity contribution in [1.82, 2.24) is 24.2 Å². The summed E-state index contributed by atoms with van der Waals surface area (Å²) in [7, 11) is 0. The van der Waals surface area contributed by atoms with Crippen LogP contribution in [0.2, 0.25) is 0 Å². The number of fused-ring (bicyclic) bond motifs is 1. The van der Waals surface area contributed by atoms with Gasteiger partial charge in [-0.3, -0.25) is 9.59 Å². The second-order valence-corrected chi connectivity index (χ2v) is 7.41. The number of benzene rings is 1. The molecule has 7 nitrogen and oxygen atoms in total. The molecule has 3 heterocycles. The number of aromatic nitrogens is 4. The Balaban J connectivity index is 1.53. The van der Waals surface area contributed by atoms with Crippen molar-refractivity contribution in [3.8, 4) is 0 Å². The summed E-state index contributed by atoms with van der Waals surface area (Å²) in [5.41, 5.74) is 2.84. The first-order chi connectivity index (χ1) is 13.6. The maximum absolute atomic E-state index is 13.0. The van der Waals surface area contributed by atoms with Crippen molar-refractivity contribution in [3.63, 3.8) is 0 Å². The average Bonchev–Trinajstić information content (AvgIpc) is 3.36. The van der Waals surface area contributed by atoms with E-state index in [1.165, 1.54) is 0 Å². The van der Waals surface area contributed by atoms with Crippen LogP contribution in [0.3, 0.4) is 0 Å². The summed E-state index contributed by atoms with van der Waals surface area (Å²) in [6.45, 7) is 5.38. The molecule has 1 aliphatic heterocycles. The summed E-state index contributed by atoms with van der Waals surface area (Å²) < 4.78 is 3.98. The summed E-state index contributed by atoms with van der Waals surface area (Å²) in [4.78, 5) is 27.0. The molecule has 2 aromatic heterocycles. The van der Waals surface area contributed by atoms with Gasteiger partial charge < -0.3 is 14.0 Å². The average molecular weight is 379 g/mol. The number of carbonyl (C=O) groups is 2. The second kappa shape index (κ2) is 7.58. The summed E-state index contributed by atoms with van der Waals surface area (Å²) in [5.74, 6) is 0.124. The van der Waals surface area contributed by atoms with E-state index in [9.17, 15) is 9.59 Å². The van der Waals surface area contributed by atoms with Gasteiger partial charge in [0.1, 0.15) is 19.2 Å². The third kappa shape index (κ3) is 3.32. The van der Waals surface area contributed by atoms with Gasteiger partial charge in [-0.1, -0.05) is 25.1 Å². The number of hydrogen-bond acceptors (Lipinski definition) is 4. The SMILES string of the molecule is CCc1cccc2c(C(C)=O)cn(CC(=O)N3CCC(n4cnnc4)CC3)c12. The molecular weight excluding hydrogens is 354 g/mol. The number of Topliss-reactive ketones (excluding diaryl/α,β-unsaturated/α-hetero) is 1. The molecule has 1 saturated heterocycles. The number of rotatable bonds is 5. The van der Waals surface area contributed by atoms with Gasteiger partial charge in [0.25, 0.3) is 0 Å². The number of aryl methyl sites for hydroxylation is 1. The van der Waals surface area contributed by atoms with E-state index in [2.05, 4.69) is 23.2 Å². The number of carbonyl (C=O) groups excluding carboxylic acids is 2. The Kier molecular flexibility index (Phi) is 4.98. The number of piperidine rings is 1. The lowest BCUT2D eigenvalue weighted by molar-refractivity contribution is -0.133. The van der Waals surface area contributed by atoms with E-state index in [0.717, 1.165) is 48.8 Å². The number of likely N-dealkylation sites (tertiary alicyclic amines) is 1. The minimum absolute atomic E-state index is 0.0270. The van der Waals surface area contributed by atoms with Gasteiger partial charge in [-0.25, -0.2) is 0 Å². The van der Waals surface area contributed by atoms with Crippen LogP contribution in [0.5, 0.6) is 0 Å². The Morgan fingerprint density at radius 2 is 1.86 bits per heavy atom. The number of amides is 1. The van der Waals surface area contributed by atoms with Crippen LogP contribution in [-0.4, -0.2) is 49.0 Å². The highest BCUT2D eigenvalue weighted by Gasteiger charge is 2.25. The van der Waals surface area contributed by atoms with E-state index in [0.29, 0.717) is 11.6 Å². The molecule has 0 atom stereocenters. The number of ketones is 1. The van der Waals surface area contributed by atoms with Crippen molar-refractivity contribution >= 4 is 22.6 Å². The highest BCUT2D eigenvalue weighted by Crippen LogP contribution is 2.27. The molecule has 7 heteroatoms. The summed E-state index contributed by atoms with van der Waals surface area (Å²) in [5, 5.41) is 8.68. The lowest BCUT2D eigenvalue weighted by atomic mass is 10.0. The number of nitrogens with zero attached hydrogens (tertiary/aromatic N) is 5. The lowest BCUT2D eigenvalue weighted by Gasteiger charge is -2.32. The molecule has 1 fully saturated rings. The quantitative estimate of drug-likeness (QED) is 0.639. The van der Waals surface area contributed by atoms with Crippen molar-refractivity contribution in [2.75, 3.05) is 13.1 Å². The molecule has 146 valence electrons. The van der Waals surface area contributed by atoms with Gasteiger partial charge in [-0.2, -0.15) is 0 Å². The molecule has 4 rings (SSSR count). The summed E-state index contributed by atoms with van der Waals surface area (Å²) in [6.07, 6.45) is 7.97. The molecule has 28 heavy (non-hydrogen) atoms. The fourth-order valence-electron chi connectivity index (χ4n) is 4.18. The monoisotopic (exact) mass is 379 g/mol. The minimum atomic E-state index is 0.0270. The third-order valence-electron chi connectivity index (χ3n) is 5.72. The zero-order valence-electron chi connectivity index (χ0n) is 16.3. The third-order valence-corrected chi connectivity index (χ3v) is 5.72. The van der Waals surface area contributed by atoms with Crippen LogP contribution >= 0.6 is 0 Å². The smallest absolute Gasteiger partial charge is 0.242 e. The molecule has 1 aliphatic rings. The van der Waals surface area contributed by atoms with E-state index >= 15 is 0 Å². The molecule has 0 N–H and O–H groups in total. The van der Waals surface area contributed by atoms with Gasteiger partial charge in [-0.15, -0.1) is 10.2 Å². The van der Waals surface area contributed by atoms with E-state index in [4.69, 9.17) is 0 Å². The standard InChI is InChI=1S/C21H25N5O2/c1-3-16-5-4-6-18-19(15(2)27)11-25(21(16)18)12-20(28)24-9-7-17(8-10-24)26-13-22-23-14-26/h4-6,11,13-14,17H,3,7-10,12H2,1-2H3. The zero-order chi connectivity index (χ0) is 19.7. The lowest BCUT2D eigenvalue weighted by Crippen LogP contribution is -2.40. The fraction of sp³-hybridized carbons (Fsp3) is 0.429. The number of hydrogen-bond donors (Lipinski definition) is 0. The van der Waals surface area contributed by atoms with Crippen molar-refractivity contribution in [3.05, 3.63) is 48.2 Å². The van der Waals surface area contributed by atoms with Crippen LogP contribution in [0, 0.1) is 0 Å². The highest BCUT2D eigenvalue weighted by atomic mass is 16.2. The predicted molar refractivity (Wildman–Crippen MR) is 106 cm³/mol. The molecule has 0 saturated carbocycles. The van der Waals surface area contributed by atoms with Gasteiger partial charge in [0, 0.05) is 36.3 Å². The molecule has 0 spiro atoms. The Bertz CT molecular complexity index is 997. The van der Waals surface area contributed by atoms with Crippen LogP contribution in [0.1, 0.15) is 48.7 Å². The molecule has 0 radical (unpaired) electrons. The van der Waals surface area contributed by atoms with E-state index in [1.807, 2.05) is 32.4 Å². The molecule has 1 aromatic carbocycles. The normalized spacial score (nSPS) is 15.3. The molecule has 3 aromatic rings. The Morgan fingerprint density at radius 1 is 1.14 bits per heavy atom. The highest BCUT2D eigenvalue weighted by molar-refractivity contribution is 6.07. The van der Waals surface area contributed by atoms with Crippen LogP contribution in [0.25, 0.3) is 10.9 Å². The van der Waals surface area contributed by atoms with Crippen LogP contribution < -0.4 is 0 Å². The number of para-hydroxylation sites is 1. The molecule has 0 aliphatic carbocycles. The predicted octanol–water partition coefficient (Wildman–Crippen LogP) is 2.86. The largest absolute Gasteiger partial charge is 0.341 e. The minimum Gasteiger partial charge on any atom is -0.341 e. The molecule has 0 unspecified atom stereocenters. The molecule has 1 amide bonds. The maximum Gasteiger partial charge on any atom is 0.242 e. The first-order valence-corrected chi connectivity index (χ1v) is 9.82. The van der Waals surface area contributed by atoms with Crippen molar-refractivity contribution in [2.45, 2.75) is 45.7 Å². The van der Waals surface area contributed by atoms with E-state index in [-0.39, 0.29) is 18.2 Å². The molecular formula is C21H25N5O2. The Morgan fingerprint density at radius 3 is 2.50 bits per heavy atom. The van der Waals surface area contributed by atoms with Crippen molar-refractivity contribution in [2.24, 2.45) is 0 Å². The van der Waals surface area contributed by atoms with Gasteiger partial charge in [-0.05, 0) is 31.7 Å². The van der Waals surface area contributed by atoms with Gasteiger partial charge >= 0.3 is 0 Å². The van der Waals surface area contributed by atoms with E-state index < -0.39 is 0 Å². The second-order valence-electron chi connectivity index (χ2n) is 7.41. The van der Waals surface area contributed by atoms with Crippen LogP contribution in [-0.2, 0) is 17.8 Å². The summed E-state index contributed by atoms with van der Waals surface area (Å²) >= 11 is 0. The first-order valence-electron chi connectivity index (χ1n) is 9.82. The Labute approximate surface area is 164 Å². The van der Waals surface area contributed by atoms with Gasteiger partial charge in [0.2, 0.25) is 5.91 Å². The van der Waals surface area contributed by atoms with Crippen molar-refractivity contribution in [1.29, 1.82) is 0 Å². The van der Waals surface area contributed by atoms with Crippen LogP contribution in [0.4, 0.5) is 0 Å². The van der Waals surface area contributed by atoms with Crippen molar-refractivity contribution < 1.29 is 9.59 Å². The zero-order valence-corrected chi connectivity index (χ0v) is 16.3. The Hall–Kier alpha value is -2.96. The maximum atomic E-state index is 13.0. The van der Waals surface area contributed by atoms with Crippen LogP contribution in [0.15, 0.2) is 37.1 Å². The van der Waals surface area contributed by atoms with E-state index in [1.54, 1.807) is 19.6 Å². The van der Waals surface area contributed by atoms with Gasteiger partial charge in [0.05, 0.1) is 5.52 Å². The van der Waals surface area contributed by atoms with Gasteiger partial charge in [0.15, 0.2) is 5.78 Å². The summed E-state index contributed by atoms with van der Waals surface area (Å²) in [6, 6.07) is 6.37. The fourth-order valence-corrected chi connectivity index (χ4v) is 4.18. The topological polar surface area (TPSA) is 73.0 Å². The molecule has 0 bridgehead atoms. The first kappa shape index (κ1) is 18.4.